The molecule has 13 heteroatoms. The Morgan fingerprint density at radius 3 is 2.49 bits per heavy atom. The summed E-state index contributed by atoms with van der Waals surface area (Å²) in [5, 5.41) is 11.1. The maximum absolute atomic E-state index is 13.7. The Balaban J connectivity index is 0.00000380. The van der Waals surface area contributed by atoms with Crippen LogP contribution in [0.1, 0.15) is 27.2 Å². The van der Waals surface area contributed by atoms with Crippen molar-refractivity contribution in [2.45, 2.75) is 29.7 Å². The molecular formula is C24H22N3NaO7S2. The first-order valence-electron chi connectivity index (χ1n) is 10.6. The van der Waals surface area contributed by atoms with E-state index >= 15 is 0 Å². The molecule has 0 aliphatic carbocycles. The molecule has 1 atom stereocenters. The van der Waals surface area contributed by atoms with Crippen LogP contribution in [0.2, 0.25) is 0 Å². The molecule has 2 aromatic carbocycles. The predicted octanol–water partition coefficient (Wildman–Crippen LogP) is -1.02. The summed E-state index contributed by atoms with van der Waals surface area (Å²) in [4.78, 5) is 19.8. The Hall–Kier alpha value is -2.77. The molecule has 37 heavy (non-hydrogen) atoms. The molecule has 0 bridgehead atoms. The molecule has 2 aromatic heterocycles. The number of rotatable bonds is 8. The largest absolute Gasteiger partial charge is 1.00 e. The van der Waals surface area contributed by atoms with Crippen molar-refractivity contribution in [3.05, 3.63) is 71.0 Å². The van der Waals surface area contributed by atoms with Crippen LogP contribution in [0.4, 0.5) is 0 Å². The van der Waals surface area contributed by atoms with Gasteiger partial charge in [0, 0.05) is 23.4 Å². The van der Waals surface area contributed by atoms with Crippen LogP contribution in [0, 0.1) is 13.8 Å². The number of hydrogen-bond donors (Lipinski definition) is 0. The first-order valence-corrected chi connectivity index (χ1v) is 13.3. The van der Waals surface area contributed by atoms with E-state index in [-0.39, 0.29) is 62.0 Å². The smallest absolute Gasteiger partial charge is 0.545 e. The van der Waals surface area contributed by atoms with E-state index < -0.39 is 26.8 Å². The minimum atomic E-state index is -4.41. The van der Waals surface area contributed by atoms with Crippen molar-refractivity contribution >= 4 is 37.8 Å². The monoisotopic (exact) mass is 551 g/mol. The van der Waals surface area contributed by atoms with Gasteiger partial charge in [-0.15, -0.1) is 0 Å². The van der Waals surface area contributed by atoms with Gasteiger partial charge < -0.3 is 19.4 Å². The van der Waals surface area contributed by atoms with Gasteiger partial charge in [0.15, 0.2) is 0 Å². The zero-order chi connectivity index (χ0) is 26.2. The van der Waals surface area contributed by atoms with Crippen LogP contribution in [0.3, 0.4) is 0 Å². The molecule has 0 fully saturated rings. The Kier molecular flexibility index (Phi) is 8.81. The van der Waals surface area contributed by atoms with Crippen LogP contribution in [0.25, 0.3) is 11.0 Å². The van der Waals surface area contributed by atoms with Crippen molar-refractivity contribution in [3.8, 4) is 11.5 Å². The van der Waals surface area contributed by atoms with E-state index in [0.29, 0.717) is 22.8 Å². The van der Waals surface area contributed by atoms with Gasteiger partial charge in [-0.25, -0.2) is 17.4 Å². The molecule has 0 saturated heterocycles. The number of hydrogen-bond acceptors (Lipinski definition) is 9. The molecule has 4 aromatic rings. The SMILES string of the molecule is COc1ccc2c(c1)nc(S(=O)Cc1ncc(C)c(OC)c1C)n2S(=O)(=O)c1cccc(C(=O)[O-])c1.[Na+]. The summed E-state index contributed by atoms with van der Waals surface area (Å²) in [6.45, 7) is 3.61. The number of aromatic nitrogens is 3. The number of aryl methyl sites for hydroxylation is 1. The van der Waals surface area contributed by atoms with Crippen LogP contribution < -0.4 is 44.1 Å². The number of carboxylic acids is 1. The van der Waals surface area contributed by atoms with Crippen LogP contribution in [0.5, 0.6) is 11.5 Å². The van der Waals surface area contributed by atoms with Gasteiger partial charge in [0.25, 0.3) is 10.0 Å². The summed E-state index contributed by atoms with van der Waals surface area (Å²) in [6.07, 6.45) is 1.59. The van der Waals surface area contributed by atoms with E-state index in [9.17, 15) is 22.5 Å². The van der Waals surface area contributed by atoms with Gasteiger partial charge in [-0.2, -0.15) is 0 Å². The van der Waals surface area contributed by atoms with Crippen LogP contribution in [-0.2, 0) is 26.6 Å². The summed E-state index contributed by atoms with van der Waals surface area (Å²) in [7, 11) is -3.39. The fraction of sp³-hybridized carbons (Fsp3) is 0.208. The third kappa shape index (κ3) is 5.43. The first-order chi connectivity index (χ1) is 17.1. The summed E-state index contributed by atoms with van der Waals surface area (Å²) in [5.74, 6) is -0.619. The second-order valence-corrected chi connectivity index (χ2v) is 11.0. The van der Waals surface area contributed by atoms with Gasteiger partial charge in [0.2, 0.25) is 5.16 Å². The zero-order valence-electron chi connectivity index (χ0n) is 20.8. The molecule has 0 aliphatic heterocycles. The number of imidazole rings is 1. The van der Waals surface area contributed by atoms with E-state index in [0.717, 1.165) is 15.6 Å². The average Bonchev–Trinajstić information content (AvgIpc) is 3.26. The Bertz CT molecular complexity index is 1640. The Morgan fingerprint density at radius 2 is 1.84 bits per heavy atom. The van der Waals surface area contributed by atoms with E-state index in [2.05, 4.69) is 9.97 Å². The number of carbonyl (C=O) groups excluding carboxylic acids is 1. The molecule has 4 rings (SSSR count). The fourth-order valence-corrected chi connectivity index (χ4v) is 6.91. The third-order valence-corrected chi connectivity index (χ3v) is 8.65. The van der Waals surface area contributed by atoms with Crippen molar-refractivity contribution in [1.82, 2.24) is 13.9 Å². The normalized spacial score (nSPS) is 12.1. The summed E-state index contributed by atoms with van der Waals surface area (Å²) < 4.78 is 52.6. The molecule has 2 heterocycles. The van der Waals surface area contributed by atoms with Crippen LogP contribution >= 0.6 is 0 Å². The van der Waals surface area contributed by atoms with Crippen molar-refractivity contribution in [2.24, 2.45) is 0 Å². The van der Waals surface area contributed by atoms with Crippen molar-refractivity contribution in [3.63, 3.8) is 0 Å². The Morgan fingerprint density at radius 1 is 1.11 bits per heavy atom. The first kappa shape index (κ1) is 28.8. The van der Waals surface area contributed by atoms with Gasteiger partial charge in [0.05, 0.1) is 58.4 Å². The number of nitrogens with zero attached hydrogens (tertiary/aromatic N) is 3. The molecule has 0 N–H and O–H groups in total. The molecule has 0 radical (unpaired) electrons. The molecule has 0 saturated carbocycles. The number of fused-ring (bicyclic) bond motifs is 1. The molecular weight excluding hydrogens is 529 g/mol. The molecule has 0 aliphatic rings. The van der Waals surface area contributed by atoms with E-state index in [1.807, 2.05) is 6.92 Å². The molecule has 10 nitrogen and oxygen atoms in total. The molecule has 1 unspecified atom stereocenters. The van der Waals surface area contributed by atoms with E-state index in [4.69, 9.17) is 9.47 Å². The van der Waals surface area contributed by atoms with Crippen molar-refractivity contribution < 1.29 is 61.6 Å². The van der Waals surface area contributed by atoms with E-state index in [1.54, 1.807) is 19.2 Å². The zero-order valence-corrected chi connectivity index (χ0v) is 24.5. The number of carbonyl (C=O) groups is 1. The van der Waals surface area contributed by atoms with Gasteiger partial charge in [-0.1, -0.05) is 12.1 Å². The predicted molar refractivity (Wildman–Crippen MR) is 130 cm³/mol. The van der Waals surface area contributed by atoms with Crippen molar-refractivity contribution in [2.75, 3.05) is 14.2 Å². The number of aromatic carboxylic acids is 1. The summed E-state index contributed by atoms with van der Waals surface area (Å²) >= 11 is 0. The fourth-order valence-electron chi connectivity index (χ4n) is 3.81. The maximum Gasteiger partial charge on any atom is 1.00 e. The topological polar surface area (TPSA) is 141 Å². The number of benzene rings is 2. The minimum absolute atomic E-state index is 0. The molecule has 0 spiro atoms. The second-order valence-electron chi connectivity index (χ2n) is 7.87. The average molecular weight is 552 g/mol. The third-order valence-electron chi connectivity index (χ3n) is 5.62. The quantitative estimate of drug-likeness (QED) is 0.252. The van der Waals surface area contributed by atoms with E-state index in [1.165, 1.54) is 44.6 Å². The number of pyridine rings is 1. The van der Waals surface area contributed by atoms with Crippen molar-refractivity contribution in [1.29, 1.82) is 0 Å². The molecule has 0 amide bonds. The summed E-state index contributed by atoms with van der Waals surface area (Å²) in [5.41, 5.74) is 2.03. The van der Waals surface area contributed by atoms with Crippen LogP contribution in [0.15, 0.2) is 58.7 Å². The summed E-state index contributed by atoms with van der Waals surface area (Å²) in [6, 6.07) is 9.32. The minimum Gasteiger partial charge on any atom is -0.545 e. The number of methoxy groups -OCH3 is 2. The Labute approximate surface area is 238 Å². The van der Waals surface area contributed by atoms with Gasteiger partial charge in [-0.3, -0.25) is 9.19 Å². The van der Waals surface area contributed by atoms with Gasteiger partial charge >= 0.3 is 29.6 Å². The maximum atomic E-state index is 13.7. The molecule has 188 valence electrons. The second kappa shape index (κ2) is 11.3. The van der Waals surface area contributed by atoms with Gasteiger partial charge in [0.1, 0.15) is 11.5 Å². The number of carboxylic acid groups (broad SMARTS) is 1. The standard InChI is InChI=1S/C24H23N3O7S2.Na/c1-14-12-25-20(15(2)22(14)34-4)13-35(30)24-26-19-11-17(33-3)8-9-21(19)27(24)36(31,32)18-7-5-6-16(10-18)23(28)29;/h5-12H,13H2,1-4H3,(H,28,29);/q;+1/p-1. The van der Waals surface area contributed by atoms with Gasteiger partial charge in [-0.05, 0) is 43.7 Å². The number of ether oxygens (including phenoxy) is 2. The van der Waals surface area contributed by atoms with Crippen LogP contribution in [-0.4, -0.2) is 46.8 Å².